The van der Waals surface area contributed by atoms with Crippen LogP contribution in [0, 0.1) is 11.3 Å². The van der Waals surface area contributed by atoms with Crippen molar-refractivity contribution in [1.82, 2.24) is 4.90 Å². The Labute approximate surface area is 75.2 Å². The van der Waals surface area contributed by atoms with Crippen molar-refractivity contribution in [3.8, 4) is 6.07 Å². The Morgan fingerprint density at radius 2 is 2.08 bits per heavy atom. The van der Waals surface area contributed by atoms with Crippen LogP contribution in [-0.2, 0) is 0 Å². The summed E-state index contributed by atoms with van der Waals surface area (Å²) in [6.07, 6.45) is 1.63. The molecule has 3 heteroatoms. The van der Waals surface area contributed by atoms with Crippen LogP contribution in [0.4, 0.5) is 0 Å². The van der Waals surface area contributed by atoms with E-state index in [1.54, 1.807) is 0 Å². The minimum absolute atomic E-state index is 0.518. The third-order valence-corrected chi connectivity index (χ3v) is 1.89. The van der Waals surface area contributed by atoms with Gasteiger partial charge < -0.3 is 5.73 Å². The molecule has 0 radical (unpaired) electrons. The molecule has 0 aliphatic rings. The molecule has 0 aliphatic heterocycles. The first-order valence-electron chi connectivity index (χ1n) is 4.53. The highest BCUT2D eigenvalue weighted by Crippen LogP contribution is 1.99. The predicted molar refractivity (Wildman–Crippen MR) is 50.6 cm³/mol. The highest BCUT2D eigenvalue weighted by Gasteiger charge is 2.06. The predicted octanol–water partition coefficient (Wildman–Crippen LogP) is 0.959. The van der Waals surface area contributed by atoms with Crippen LogP contribution in [0.15, 0.2) is 0 Å². The van der Waals surface area contributed by atoms with Crippen molar-refractivity contribution in [1.29, 1.82) is 5.26 Å². The average Bonchev–Trinajstić information content (AvgIpc) is 2.04. The molecule has 0 spiro atoms. The quantitative estimate of drug-likeness (QED) is 0.644. The maximum Gasteiger partial charge on any atom is 0.0635 e. The normalized spacial score (nSPS) is 10.7. The van der Waals surface area contributed by atoms with E-state index in [1.807, 2.05) is 0 Å². The van der Waals surface area contributed by atoms with E-state index < -0.39 is 0 Å². The van der Waals surface area contributed by atoms with Gasteiger partial charge in [0.25, 0.3) is 0 Å². The Balaban J connectivity index is 3.64. The van der Waals surface area contributed by atoms with E-state index in [2.05, 4.69) is 24.8 Å². The van der Waals surface area contributed by atoms with Gasteiger partial charge in [-0.25, -0.2) is 0 Å². The molecule has 70 valence electrons. The summed E-state index contributed by atoms with van der Waals surface area (Å²) in [4.78, 5) is 2.29. The van der Waals surface area contributed by atoms with Gasteiger partial charge in [0.1, 0.15) is 0 Å². The van der Waals surface area contributed by atoms with Gasteiger partial charge in [-0.05, 0) is 33.4 Å². The SMILES string of the molecule is CC(C)N(CCC#N)CCCN. The smallest absolute Gasteiger partial charge is 0.0635 e. The largest absolute Gasteiger partial charge is 0.330 e. The van der Waals surface area contributed by atoms with Gasteiger partial charge in [-0.1, -0.05) is 0 Å². The summed E-state index contributed by atoms with van der Waals surface area (Å²) in [5.41, 5.74) is 5.41. The second-order valence-corrected chi connectivity index (χ2v) is 3.18. The highest BCUT2D eigenvalue weighted by molar-refractivity contribution is 4.73. The van der Waals surface area contributed by atoms with Crippen molar-refractivity contribution in [3.05, 3.63) is 0 Å². The molecule has 0 amide bonds. The zero-order chi connectivity index (χ0) is 9.40. The molecule has 2 N–H and O–H groups in total. The molecule has 0 aliphatic carbocycles. The third kappa shape index (κ3) is 5.11. The Morgan fingerprint density at radius 3 is 2.50 bits per heavy atom. The third-order valence-electron chi connectivity index (χ3n) is 1.89. The minimum Gasteiger partial charge on any atom is -0.330 e. The lowest BCUT2D eigenvalue weighted by Gasteiger charge is -2.24. The molecule has 0 aromatic heterocycles. The summed E-state index contributed by atoms with van der Waals surface area (Å²) in [5.74, 6) is 0. The van der Waals surface area contributed by atoms with Crippen LogP contribution in [0.5, 0.6) is 0 Å². The van der Waals surface area contributed by atoms with E-state index in [0.29, 0.717) is 12.5 Å². The van der Waals surface area contributed by atoms with Crippen molar-refractivity contribution in [2.75, 3.05) is 19.6 Å². The van der Waals surface area contributed by atoms with Crippen LogP contribution in [-0.4, -0.2) is 30.6 Å². The van der Waals surface area contributed by atoms with Crippen molar-refractivity contribution < 1.29 is 0 Å². The Morgan fingerprint density at radius 1 is 1.42 bits per heavy atom. The van der Waals surface area contributed by atoms with Crippen LogP contribution in [0.2, 0.25) is 0 Å². The summed E-state index contributed by atoms with van der Waals surface area (Å²) < 4.78 is 0. The van der Waals surface area contributed by atoms with E-state index in [0.717, 1.165) is 26.1 Å². The molecule has 0 saturated heterocycles. The minimum atomic E-state index is 0.518. The lowest BCUT2D eigenvalue weighted by molar-refractivity contribution is 0.225. The van der Waals surface area contributed by atoms with Crippen LogP contribution in [0.25, 0.3) is 0 Å². The summed E-state index contributed by atoms with van der Waals surface area (Å²) in [6, 6.07) is 2.67. The first kappa shape index (κ1) is 11.4. The van der Waals surface area contributed by atoms with Gasteiger partial charge in [-0.2, -0.15) is 5.26 Å². The van der Waals surface area contributed by atoms with Gasteiger partial charge in [0.05, 0.1) is 6.07 Å². The Kier molecular flexibility index (Phi) is 6.73. The van der Waals surface area contributed by atoms with Crippen molar-refractivity contribution in [3.63, 3.8) is 0 Å². The Bertz CT molecular complexity index is 137. The van der Waals surface area contributed by atoms with E-state index in [1.165, 1.54) is 0 Å². The van der Waals surface area contributed by atoms with E-state index >= 15 is 0 Å². The second kappa shape index (κ2) is 7.08. The lowest BCUT2D eigenvalue weighted by Crippen LogP contribution is -2.33. The number of hydrogen-bond donors (Lipinski definition) is 1. The van der Waals surface area contributed by atoms with E-state index in [4.69, 9.17) is 11.0 Å². The Hall–Kier alpha value is -0.590. The zero-order valence-electron chi connectivity index (χ0n) is 8.08. The van der Waals surface area contributed by atoms with Gasteiger partial charge in [-0.3, -0.25) is 4.90 Å². The van der Waals surface area contributed by atoms with Gasteiger partial charge in [0, 0.05) is 19.0 Å². The molecular formula is C9H19N3. The first-order chi connectivity index (χ1) is 5.72. The van der Waals surface area contributed by atoms with Crippen molar-refractivity contribution in [2.24, 2.45) is 5.73 Å². The summed E-state index contributed by atoms with van der Waals surface area (Å²) in [5, 5.41) is 8.42. The van der Waals surface area contributed by atoms with Crippen molar-refractivity contribution >= 4 is 0 Å². The monoisotopic (exact) mass is 169 g/mol. The molecular weight excluding hydrogens is 150 g/mol. The molecule has 0 bridgehead atoms. The fraction of sp³-hybridized carbons (Fsp3) is 0.889. The number of nitrogens with zero attached hydrogens (tertiary/aromatic N) is 2. The molecule has 12 heavy (non-hydrogen) atoms. The molecule has 0 heterocycles. The maximum atomic E-state index is 8.42. The fourth-order valence-corrected chi connectivity index (χ4v) is 1.12. The molecule has 0 saturated carbocycles. The highest BCUT2D eigenvalue weighted by atomic mass is 15.1. The van der Waals surface area contributed by atoms with Crippen molar-refractivity contribution in [2.45, 2.75) is 32.7 Å². The van der Waals surface area contributed by atoms with Crippen LogP contribution in [0.1, 0.15) is 26.7 Å². The average molecular weight is 169 g/mol. The zero-order valence-corrected chi connectivity index (χ0v) is 8.08. The lowest BCUT2D eigenvalue weighted by atomic mass is 10.2. The summed E-state index contributed by atoms with van der Waals surface area (Å²) >= 11 is 0. The second-order valence-electron chi connectivity index (χ2n) is 3.18. The molecule has 0 aromatic rings. The number of nitriles is 1. The first-order valence-corrected chi connectivity index (χ1v) is 4.53. The summed E-state index contributed by atoms with van der Waals surface area (Å²) in [6.45, 7) is 6.90. The van der Waals surface area contributed by atoms with Crippen LogP contribution < -0.4 is 5.73 Å². The molecule has 3 nitrogen and oxygen atoms in total. The van der Waals surface area contributed by atoms with Crippen LogP contribution in [0.3, 0.4) is 0 Å². The molecule has 0 aromatic carbocycles. The van der Waals surface area contributed by atoms with E-state index in [-0.39, 0.29) is 0 Å². The summed E-state index contributed by atoms with van der Waals surface area (Å²) in [7, 11) is 0. The number of nitrogens with two attached hydrogens (primary N) is 1. The van der Waals surface area contributed by atoms with Crippen LogP contribution >= 0.6 is 0 Å². The molecule has 0 fully saturated rings. The fourth-order valence-electron chi connectivity index (χ4n) is 1.12. The van der Waals surface area contributed by atoms with Gasteiger partial charge in [0.2, 0.25) is 0 Å². The molecule has 0 atom stereocenters. The van der Waals surface area contributed by atoms with Gasteiger partial charge in [0.15, 0.2) is 0 Å². The topological polar surface area (TPSA) is 53.0 Å². The molecule has 0 unspecified atom stereocenters. The number of rotatable bonds is 6. The van der Waals surface area contributed by atoms with Gasteiger partial charge >= 0.3 is 0 Å². The number of hydrogen-bond acceptors (Lipinski definition) is 3. The maximum absolute atomic E-state index is 8.42. The molecule has 0 rings (SSSR count). The standard InChI is InChI=1S/C9H19N3/c1-9(2)12(7-3-5-10)8-4-6-11/h9H,3-5,7-8,10H2,1-2H3. The van der Waals surface area contributed by atoms with E-state index in [9.17, 15) is 0 Å². The van der Waals surface area contributed by atoms with Gasteiger partial charge in [-0.15, -0.1) is 0 Å².